The largest absolute Gasteiger partial charge is 0.310 e. The number of fused-ring (bicyclic) bond motifs is 4. The van der Waals surface area contributed by atoms with Gasteiger partial charge in [0.05, 0.1) is 11.0 Å². The van der Waals surface area contributed by atoms with Crippen LogP contribution >= 0.6 is 0 Å². The summed E-state index contributed by atoms with van der Waals surface area (Å²) in [6.07, 6.45) is 9.51. The molecule has 2 nitrogen and oxygen atoms in total. The van der Waals surface area contributed by atoms with E-state index in [1.54, 1.807) is 0 Å². The molecule has 1 aliphatic carbocycles. The third-order valence-electron chi connectivity index (χ3n) is 14.1. The van der Waals surface area contributed by atoms with Crippen molar-refractivity contribution in [2.75, 3.05) is 4.90 Å². The first-order valence-electron chi connectivity index (χ1n) is 24.2. The lowest BCUT2D eigenvalue weighted by atomic mass is 9.65. The molecule has 11 aromatic rings. The molecule has 0 atom stereocenters. The zero-order chi connectivity index (χ0) is 46.9. The van der Waals surface area contributed by atoms with Crippen LogP contribution < -0.4 is 4.90 Å². The number of rotatable bonds is 9. The summed E-state index contributed by atoms with van der Waals surface area (Å²) in [7, 11) is 0. The summed E-state index contributed by atoms with van der Waals surface area (Å²) in [5.74, 6) is 0. The zero-order valence-electron chi connectivity index (χ0n) is 38.9. The van der Waals surface area contributed by atoms with Gasteiger partial charge in [0.1, 0.15) is 0 Å². The summed E-state index contributed by atoms with van der Waals surface area (Å²) in [4.78, 5) is 2.42. The van der Waals surface area contributed by atoms with Crippen molar-refractivity contribution in [3.63, 3.8) is 0 Å². The predicted molar refractivity (Wildman–Crippen MR) is 296 cm³/mol. The minimum Gasteiger partial charge on any atom is -0.310 e. The van der Waals surface area contributed by atoms with Crippen LogP contribution in [0.4, 0.5) is 17.1 Å². The molecule has 0 spiro atoms. The number of para-hydroxylation sites is 2. The van der Waals surface area contributed by atoms with E-state index in [1.165, 1.54) is 60.8 Å². The standard InChI is InChI=1S/C68H50N2/c1-49-21-7-6-18-44-68(56-27-10-3-11-28-56,57-29-12-4-13-30-57)65-48-61(41-42-62(49)65)69(59-39-36-51(37-40-59)50-22-8-2-9-23-50)60-33-20-26-54(46-60)52-24-19-25-53(45-52)55-38-43-67-64(47-55)63-34-16-17-35-66(63)70(67)58-31-14-5-15-32-58/h2-43,45-48H,1,44H2/b18-6-,21-7-. The highest BCUT2D eigenvalue weighted by molar-refractivity contribution is 6.10. The fourth-order valence-electron chi connectivity index (χ4n) is 10.7. The minimum absolute atomic E-state index is 0.510. The molecule has 0 aliphatic heterocycles. The van der Waals surface area contributed by atoms with Gasteiger partial charge in [-0.05, 0) is 140 Å². The number of allylic oxidation sites excluding steroid dienone is 5. The van der Waals surface area contributed by atoms with Crippen LogP contribution in [0.2, 0.25) is 0 Å². The third kappa shape index (κ3) is 7.66. The van der Waals surface area contributed by atoms with E-state index < -0.39 is 5.41 Å². The fraction of sp³-hybridized carbons (Fsp3) is 0.0294. The molecule has 0 saturated carbocycles. The van der Waals surface area contributed by atoms with Gasteiger partial charge in [-0.15, -0.1) is 0 Å². The number of nitrogens with zero attached hydrogens (tertiary/aromatic N) is 2. The number of anilines is 3. The molecule has 0 N–H and O–H groups in total. The number of hydrogen-bond donors (Lipinski definition) is 0. The van der Waals surface area contributed by atoms with Crippen molar-refractivity contribution in [1.82, 2.24) is 4.57 Å². The molecule has 0 bridgehead atoms. The Morgan fingerprint density at radius 2 is 0.914 bits per heavy atom. The van der Waals surface area contributed by atoms with Gasteiger partial charge in [0, 0.05) is 38.9 Å². The van der Waals surface area contributed by atoms with E-state index in [-0.39, 0.29) is 0 Å². The Bertz CT molecular complexity index is 3690. The van der Waals surface area contributed by atoms with E-state index in [9.17, 15) is 0 Å². The second kappa shape index (κ2) is 18.3. The quantitative estimate of drug-likeness (QED) is 0.140. The smallest absolute Gasteiger partial charge is 0.0541 e. The molecule has 0 radical (unpaired) electrons. The van der Waals surface area contributed by atoms with Crippen LogP contribution in [-0.2, 0) is 5.41 Å². The summed E-state index contributed by atoms with van der Waals surface area (Å²) in [6, 6.07) is 92.9. The first-order chi connectivity index (χ1) is 34.6. The van der Waals surface area contributed by atoms with Crippen molar-refractivity contribution in [2.45, 2.75) is 11.8 Å². The summed E-state index contributed by atoms with van der Waals surface area (Å²) >= 11 is 0. The Balaban J connectivity index is 1.01. The minimum atomic E-state index is -0.510. The molecule has 1 heterocycles. The van der Waals surface area contributed by atoms with Crippen molar-refractivity contribution in [3.05, 3.63) is 308 Å². The average Bonchev–Trinajstić information content (AvgIpc) is 3.79. The highest BCUT2D eigenvalue weighted by Gasteiger charge is 2.38. The van der Waals surface area contributed by atoms with Crippen molar-refractivity contribution in [2.24, 2.45) is 0 Å². The van der Waals surface area contributed by atoms with Gasteiger partial charge in [-0.25, -0.2) is 0 Å². The molecule has 0 unspecified atom stereocenters. The van der Waals surface area contributed by atoms with Crippen molar-refractivity contribution >= 4 is 44.4 Å². The van der Waals surface area contributed by atoms with Crippen LogP contribution in [0.5, 0.6) is 0 Å². The maximum atomic E-state index is 4.66. The van der Waals surface area contributed by atoms with E-state index in [4.69, 9.17) is 0 Å². The van der Waals surface area contributed by atoms with Crippen molar-refractivity contribution in [1.29, 1.82) is 0 Å². The first kappa shape index (κ1) is 42.4. The monoisotopic (exact) mass is 894 g/mol. The van der Waals surface area contributed by atoms with Crippen LogP contribution in [-0.4, -0.2) is 4.57 Å². The molecular weight excluding hydrogens is 845 g/mol. The number of hydrogen-bond acceptors (Lipinski definition) is 1. The van der Waals surface area contributed by atoms with Crippen LogP contribution in [0.25, 0.3) is 66.4 Å². The molecule has 70 heavy (non-hydrogen) atoms. The first-order valence-corrected chi connectivity index (χ1v) is 24.2. The molecule has 10 aromatic carbocycles. The van der Waals surface area contributed by atoms with Crippen LogP contribution in [0.3, 0.4) is 0 Å². The summed E-state index contributed by atoms with van der Waals surface area (Å²) < 4.78 is 2.37. The molecule has 0 saturated heterocycles. The second-order valence-electron chi connectivity index (χ2n) is 18.2. The van der Waals surface area contributed by atoms with E-state index >= 15 is 0 Å². The lowest BCUT2D eigenvalue weighted by Gasteiger charge is -2.38. The van der Waals surface area contributed by atoms with E-state index in [0.29, 0.717) is 0 Å². The Hall–Kier alpha value is -8.98. The van der Waals surface area contributed by atoms with Gasteiger partial charge < -0.3 is 9.47 Å². The molecule has 0 amide bonds. The summed E-state index contributed by atoms with van der Waals surface area (Å²) in [5.41, 5.74) is 19.1. The van der Waals surface area contributed by atoms with Gasteiger partial charge in [-0.1, -0.05) is 213 Å². The van der Waals surface area contributed by atoms with Crippen molar-refractivity contribution < 1.29 is 0 Å². The normalized spacial score (nSPS) is 14.0. The topological polar surface area (TPSA) is 8.17 Å². The second-order valence-corrected chi connectivity index (χ2v) is 18.2. The van der Waals surface area contributed by atoms with Crippen LogP contribution in [0.15, 0.2) is 286 Å². The van der Waals surface area contributed by atoms with Crippen molar-refractivity contribution in [3.8, 4) is 39.1 Å². The van der Waals surface area contributed by atoms with Gasteiger partial charge in [0.25, 0.3) is 0 Å². The number of aromatic nitrogens is 1. The fourth-order valence-corrected chi connectivity index (χ4v) is 10.7. The Morgan fingerprint density at radius 1 is 0.386 bits per heavy atom. The summed E-state index contributed by atoms with van der Waals surface area (Å²) in [6.45, 7) is 4.66. The molecular formula is C68H50N2. The van der Waals surface area contributed by atoms with Gasteiger partial charge in [0.2, 0.25) is 0 Å². The molecule has 1 aliphatic rings. The summed E-state index contributed by atoms with van der Waals surface area (Å²) in [5, 5.41) is 2.49. The number of benzene rings is 10. The Labute approximate surface area is 410 Å². The predicted octanol–water partition coefficient (Wildman–Crippen LogP) is 18.1. The molecule has 1 aromatic heterocycles. The molecule has 332 valence electrons. The van der Waals surface area contributed by atoms with E-state index in [0.717, 1.165) is 51.4 Å². The van der Waals surface area contributed by atoms with Crippen LogP contribution in [0.1, 0.15) is 28.7 Å². The van der Waals surface area contributed by atoms with E-state index in [1.807, 2.05) is 0 Å². The van der Waals surface area contributed by atoms with Gasteiger partial charge in [-0.3, -0.25) is 0 Å². The average molecular weight is 895 g/mol. The van der Waals surface area contributed by atoms with Gasteiger partial charge >= 0.3 is 0 Å². The lowest BCUT2D eigenvalue weighted by molar-refractivity contribution is 0.626. The van der Waals surface area contributed by atoms with Crippen LogP contribution in [0, 0.1) is 0 Å². The maximum Gasteiger partial charge on any atom is 0.0541 e. The zero-order valence-corrected chi connectivity index (χ0v) is 38.9. The SMILES string of the molecule is C=C1/C=C\C=C/CC(c2ccccc2)(c2ccccc2)c2cc(N(c3ccc(-c4ccccc4)cc3)c3cccc(-c4cccc(-c5ccc6c(c5)c5ccccc5n6-c5ccccc5)c4)c3)ccc21. The molecule has 2 heteroatoms. The Morgan fingerprint density at radius 3 is 1.63 bits per heavy atom. The van der Waals surface area contributed by atoms with Gasteiger partial charge in [0.15, 0.2) is 0 Å². The Kier molecular flexibility index (Phi) is 11.1. The molecule has 12 rings (SSSR count). The van der Waals surface area contributed by atoms with Gasteiger partial charge in [-0.2, -0.15) is 0 Å². The highest BCUT2D eigenvalue weighted by Crippen LogP contribution is 2.49. The maximum absolute atomic E-state index is 4.66. The molecule has 0 fully saturated rings. The lowest BCUT2D eigenvalue weighted by Crippen LogP contribution is -2.30. The highest BCUT2D eigenvalue weighted by atomic mass is 15.1. The third-order valence-corrected chi connectivity index (χ3v) is 14.1. The van der Waals surface area contributed by atoms with E-state index in [2.05, 4.69) is 295 Å².